The SMILES string of the molecule is Cc1cccc(CN2CCC3(CCCN(C(=O)c4cn(C)nc4C)C3)C2=O)n1. The lowest BCUT2D eigenvalue weighted by atomic mass is 9.78. The molecule has 0 radical (unpaired) electrons. The van der Waals surface area contributed by atoms with Gasteiger partial charge in [0.05, 0.1) is 28.9 Å². The van der Waals surface area contributed by atoms with E-state index in [1.54, 1.807) is 10.9 Å². The van der Waals surface area contributed by atoms with E-state index in [9.17, 15) is 9.59 Å². The van der Waals surface area contributed by atoms with Crippen molar-refractivity contribution in [1.29, 1.82) is 0 Å². The smallest absolute Gasteiger partial charge is 0.257 e. The molecule has 1 spiro atoms. The van der Waals surface area contributed by atoms with Crippen LogP contribution in [-0.4, -0.2) is 56.0 Å². The molecule has 7 heteroatoms. The monoisotopic (exact) mass is 381 g/mol. The van der Waals surface area contributed by atoms with Crippen LogP contribution in [-0.2, 0) is 18.4 Å². The molecular formula is C21H27N5O2. The lowest BCUT2D eigenvalue weighted by molar-refractivity contribution is -0.138. The summed E-state index contributed by atoms with van der Waals surface area (Å²) < 4.78 is 1.67. The van der Waals surface area contributed by atoms with Crippen molar-refractivity contribution in [1.82, 2.24) is 24.6 Å². The second-order valence-electron chi connectivity index (χ2n) is 8.16. The lowest BCUT2D eigenvalue weighted by Crippen LogP contribution is -2.49. The van der Waals surface area contributed by atoms with E-state index in [1.165, 1.54) is 0 Å². The molecule has 7 nitrogen and oxygen atoms in total. The summed E-state index contributed by atoms with van der Waals surface area (Å²) >= 11 is 0. The number of carbonyl (C=O) groups excluding carboxylic acids is 2. The van der Waals surface area contributed by atoms with Crippen molar-refractivity contribution in [2.45, 2.75) is 39.7 Å². The summed E-state index contributed by atoms with van der Waals surface area (Å²) in [6.45, 7) is 6.27. The topological polar surface area (TPSA) is 71.3 Å². The normalized spacial score (nSPS) is 22.3. The van der Waals surface area contributed by atoms with Crippen LogP contribution in [0.2, 0.25) is 0 Å². The van der Waals surface area contributed by atoms with Gasteiger partial charge in [-0.05, 0) is 45.2 Å². The molecule has 2 amide bonds. The Hall–Kier alpha value is -2.70. The molecule has 1 atom stereocenters. The molecule has 2 aliphatic heterocycles. The average Bonchev–Trinajstić information content (AvgIpc) is 3.15. The predicted octanol–water partition coefficient (Wildman–Crippen LogP) is 2.09. The molecule has 4 rings (SSSR count). The van der Waals surface area contributed by atoms with E-state index in [0.717, 1.165) is 42.9 Å². The van der Waals surface area contributed by atoms with Gasteiger partial charge < -0.3 is 9.80 Å². The van der Waals surface area contributed by atoms with Crippen LogP contribution < -0.4 is 0 Å². The molecule has 0 bridgehead atoms. The summed E-state index contributed by atoms with van der Waals surface area (Å²) in [4.78, 5) is 34.6. The zero-order valence-electron chi connectivity index (χ0n) is 16.8. The number of rotatable bonds is 3. The largest absolute Gasteiger partial charge is 0.337 e. The van der Waals surface area contributed by atoms with Crippen molar-refractivity contribution in [3.8, 4) is 0 Å². The highest BCUT2D eigenvalue weighted by Crippen LogP contribution is 2.41. The molecule has 2 aromatic heterocycles. The van der Waals surface area contributed by atoms with E-state index in [-0.39, 0.29) is 11.8 Å². The minimum Gasteiger partial charge on any atom is -0.337 e. The molecule has 2 saturated heterocycles. The number of piperidine rings is 1. The molecular weight excluding hydrogens is 354 g/mol. The van der Waals surface area contributed by atoms with Gasteiger partial charge >= 0.3 is 0 Å². The number of amides is 2. The fraction of sp³-hybridized carbons (Fsp3) is 0.524. The van der Waals surface area contributed by atoms with Crippen LogP contribution >= 0.6 is 0 Å². The van der Waals surface area contributed by atoms with Crippen LogP contribution in [0.3, 0.4) is 0 Å². The number of nitrogens with zero attached hydrogens (tertiary/aromatic N) is 5. The molecule has 0 saturated carbocycles. The van der Waals surface area contributed by atoms with E-state index < -0.39 is 5.41 Å². The minimum absolute atomic E-state index is 0.0173. The Labute approximate surface area is 165 Å². The lowest BCUT2D eigenvalue weighted by Gasteiger charge is -2.39. The number of likely N-dealkylation sites (tertiary alicyclic amines) is 2. The molecule has 2 aliphatic rings. The van der Waals surface area contributed by atoms with Gasteiger partial charge in [-0.1, -0.05) is 6.07 Å². The van der Waals surface area contributed by atoms with Gasteiger partial charge in [0.1, 0.15) is 0 Å². The highest BCUT2D eigenvalue weighted by Gasteiger charge is 2.49. The van der Waals surface area contributed by atoms with E-state index in [0.29, 0.717) is 25.2 Å². The molecule has 4 heterocycles. The van der Waals surface area contributed by atoms with Crippen LogP contribution in [0.1, 0.15) is 46.7 Å². The van der Waals surface area contributed by atoms with Crippen LogP contribution in [0.15, 0.2) is 24.4 Å². The summed E-state index contributed by atoms with van der Waals surface area (Å²) in [5, 5.41) is 4.28. The maximum atomic E-state index is 13.3. The van der Waals surface area contributed by atoms with Gasteiger partial charge in [-0.25, -0.2) is 0 Å². The van der Waals surface area contributed by atoms with Gasteiger partial charge in [0.25, 0.3) is 5.91 Å². The van der Waals surface area contributed by atoms with Crippen molar-refractivity contribution >= 4 is 11.8 Å². The van der Waals surface area contributed by atoms with Crippen LogP contribution in [0.25, 0.3) is 0 Å². The second-order valence-corrected chi connectivity index (χ2v) is 8.16. The van der Waals surface area contributed by atoms with Gasteiger partial charge in [0, 0.05) is 38.6 Å². The standard InChI is InChI=1S/C21H27N5O2/c1-15-6-4-7-17(22-15)12-25-11-9-21(20(25)28)8-5-10-26(14-21)19(27)18-13-24(3)23-16(18)2/h4,6-7,13H,5,8-12,14H2,1-3H3. The van der Waals surface area contributed by atoms with Crippen LogP contribution in [0.5, 0.6) is 0 Å². The van der Waals surface area contributed by atoms with Crippen molar-refractivity contribution in [3.05, 3.63) is 47.0 Å². The predicted molar refractivity (Wildman–Crippen MR) is 105 cm³/mol. The second kappa shape index (κ2) is 7.04. The summed E-state index contributed by atoms with van der Waals surface area (Å²) in [6.07, 6.45) is 4.27. The quantitative estimate of drug-likeness (QED) is 0.816. The van der Waals surface area contributed by atoms with E-state index in [1.807, 2.05) is 48.9 Å². The number of pyridine rings is 1. The summed E-state index contributed by atoms with van der Waals surface area (Å²) in [5.74, 6) is 0.146. The van der Waals surface area contributed by atoms with Gasteiger partial charge in [0.2, 0.25) is 5.91 Å². The first kappa shape index (κ1) is 18.7. The van der Waals surface area contributed by atoms with Crippen molar-refractivity contribution in [3.63, 3.8) is 0 Å². The molecule has 28 heavy (non-hydrogen) atoms. The number of aryl methyl sites for hydroxylation is 3. The first-order chi connectivity index (χ1) is 13.4. The van der Waals surface area contributed by atoms with E-state index in [2.05, 4.69) is 10.1 Å². The van der Waals surface area contributed by atoms with Crippen LogP contribution in [0, 0.1) is 19.3 Å². The molecule has 0 N–H and O–H groups in total. The van der Waals surface area contributed by atoms with E-state index >= 15 is 0 Å². The highest BCUT2D eigenvalue weighted by molar-refractivity contribution is 5.96. The van der Waals surface area contributed by atoms with Crippen LogP contribution in [0.4, 0.5) is 0 Å². The Morgan fingerprint density at radius 1 is 1.21 bits per heavy atom. The van der Waals surface area contributed by atoms with E-state index in [4.69, 9.17) is 0 Å². The first-order valence-electron chi connectivity index (χ1n) is 9.89. The fourth-order valence-corrected chi connectivity index (χ4v) is 4.59. The molecule has 0 aromatic carbocycles. The Kier molecular flexibility index (Phi) is 4.69. The summed E-state index contributed by atoms with van der Waals surface area (Å²) in [6, 6.07) is 5.90. The summed E-state index contributed by atoms with van der Waals surface area (Å²) in [7, 11) is 1.82. The Morgan fingerprint density at radius 2 is 2.04 bits per heavy atom. The number of hydrogen-bond acceptors (Lipinski definition) is 4. The maximum absolute atomic E-state index is 13.3. The number of aromatic nitrogens is 3. The Bertz CT molecular complexity index is 921. The zero-order valence-corrected chi connectivity index (χ0v) is 16.8. The maximum Gasteiger partial charge on any atom is 0.257 e. The molecule has 2 aromatic rings. The van der Waals surface area contributed by atoms with Gasteiger partial charge in [-0.2, -0.15) is 5.10 Å². The molecule has 0 aliphatic carbocycles. The van der Waals surface area contributed by atoms with Crippen molar-refractivity contribution in [2.75, 3.05) is 19.6 Å². The van der Waals surface area contributed by atoms with Crippen molar-refractivity contribution < 1.29 is 9.59 Å². The highest BCUT2D eigenvalue weighted by atomic mass is 16.2. The minimum atomic E-state index is -0.451. The third-order valence-electron chi connectivity index (χ3n) is 6.01. The zero-order chi connectivity index (χ0) is 19.9. The summed E-state index contributed by atoms with van der Waals surface area (Å²) in [5.41, 5.74) is 2.79. The third-order valence-corrected chi connectivity index (χ3v) is 6.01. The number of hydrogen-bond donors (Lipinski definition) is 0. The molecule has 1 unspecified atom stereocenters. The van der Waals surface area contributed by atoms with Gasteiger partial charge in [0.15, 0.2) is 0 Å². The third kappa shape index (κ3) is 3.30. The first-order valence-corrected chi connectivity index (χ1v) is 9.89. The Balaban J connectivity index is 1.49. The van der Waals surface area contributed by atoms with Gasteiger partial charge in [-0.15, -0.1) is 0 Å². The van der Waals surface area contributed by atoms with Crippen molar-refractivity contribution in [2.24, 2.45) is 12.5 Å². The average molecular weight is 381 g/mol. The molecule has 2 fully saturated rings. The van der Waals surface area contributed by atoms with Gasteiger partial charge in [-0.3, -0.25) is 19.3 Å². The fourth-order valence-electron chi connectivity index (χ4n) is 4.59. The number of carbonyl (C=O) groups is 2. The Morgan fingerprint density at radius 3 is 2.75 bits per heavy atom. The molecule has 148 valence electrons.